The first-order valence-electron chi connectivity index (χ1n) is 6.78. The molecule has 1 heterocycles. The first kappa shape index (κ1) is 16.5. The highest BCUT2D eigenvalue weighted by Gasteiger charge is 2.52. The molecule has 0 aromatic heterocycles. The molecule has 1 N–H and O–H groups in total. The zero-order chi connectivity index (χ0) is 15.8. The molecular weight excluding hydrogens is 293 g/mol. The Bertz CT molecular complexity index is 556. The largest absolute Gasteiger partial charge is 0.492 e. The summed E-state index contributed by atoms with van der Waals surface area (Å²) in [4.78, 5) is 0. The molecule has 3 nitrogen and oxygen atoms in total. The lowest BCUT2D eigenvalue weighted by Gasteiger charge is -2.32. The highest BCUT2D eigenvalue weighted by atomic mass is 35.5. The molecule has 0 spiro atoms. The van der Waals surface area contributed by atoms with Crippen LogP contribution < -0.4 is 0 Å². The van der Waals surface area contributed by atoms with Gasteiger partial charge in [-0.3, -0.25) is 0 Å². The molecule has 1 aromatic rings. The predicted molar refractivity (Wildman–Crippen MR) is 82.6 cm³/mol. The summed E-state index contributed by atoms with van der Waals surface area (Å²) in [6.07, 6.45) is 1.70. The minimum atomic E-state index is -0.635. The molecule has 1 aliphatic heterocycles. The van der Waals surface area contributed by atoms with Crippen LogP contribution in [0.3, 0.4) is 0 Å². The summed E-state index contributed by atoms with van der Waals surface area (Å²) in [5, 5.41) is 9.61. The van der Waals surface area contributed by atoms with Crippen LogP contribution in [0.4, 0.5) is 4.39 Å². The zero-order valence-corrected chi connectivity index (χ0v) is 13.4. The molecule has 0 atom stereocenters. The van der Waals surface area contributed by atoms with E-state index in [1.165, 1.54) is 12.1 Å². The summed E-state index contributed by atoms with van der Waals surface area (Å²) < 4.78 is 24.9. The van der Waals surface area contributed by atoms with Crippen molar-refractivity contribution in [2.45, 2.75) is 38.9 Å². The molecule has 0 aliphatic carbocycles. The Morgan fingerprint density at radius 1 is 1.29 bits per heavy atom. The van der Waals surface area contributed by atoms with Crippen molar-refractivity contribution in [3.05, 3.63) is 40.1 Å². The van der Waals surface area contributed by atoms with Crippen LogP contribution in [0.25, 0.3) is 6.08 Å². The van der Waals surface area contributed by atoms with E-state index in [0.717, 1.165) is 0 Å². The maximum absolute atomic E-state index is 13.2. The van der Waals surface area contributed by atoms with Gasteiger partial charge in [0.05, 0.1) is 22.8 Å². The normalized spacial score (nSPS) is 20.9. The SMILES string of the molecule is CC1(C)OB(C(=Cc2ccc(F)c(Cl)c2)CO)OC1(C)C. The summed E-state index contributed by atoms with van der Waals surface area (Å²) in [6, 6.07) is 4.37. The summed E-state index contributed by atoms with van der Waals surface area (Å²) in [6.45, 7) is 7.55. The minimum absolute atomic E-state index is 0.0370. The van der Waals surface area contributed by atoms with Crippen molar-refractivity contribution in [2.75, 3.05) is 6.61 Å². The fraction of sp³-hybridized carbons (Fsp3) is 0.467. The third kappa shape index (κ3) is 3.32. The van der Waals surface area contributed by atoms with Crippen molar-refractivity contribution in [2.24, 2.45) is 0 Å². The monoisotopic (exact) mass is 312 g/mol. The summed E-state index contributed by atoms with van der Waals surface area (Å²) in [5.41, 5.74) is 0.287. The molecule has 1 aromatic carbocycles. The molecule has 0 saturated carbocycles. The lowest BCUT2D eigenvalue weighted by Crippen LogP contribution is -2.41. The fourth-order valence-corrected chi connectivity index (χ4v) is 2.19. The van der Waals surface area contributed by atoms with Gasteiger partial charge in [0.15, 0.2) is 0 Å². The number of hydrogen-bond donors (Lipinski definition) is 1. The van der Waals surface area contributed by atoms with E-state index in [4.69, 9.17) is 20.9 Å². The van der Waals surface area contributed by atoms with E-state index in [2.05, 4.69) is 0 Å². The number of halogens is 2. The van der Waals surface area contributed by atoms with Gasteiger partial charge >= 0.3 is 7.12 Å². The van der Waals surface area contributed by atoms with Gasteiger partial charge in [0.2, 0.25) is 0 Å². The summed E-state index contributed by atoms with van der Waals surface area (Å²) >= 11 is 5.76. The van der Waals surface area contributed by atoms with Crippen LogP contribution >= 0.6 is 11.6 Å². The number of aliphatic hydroxyl groups excluding tert-OH is 1. The molecule has 2 rings (SSSR count). The molecule has 0 bridgehead atoms. The second-order valence-corrected chi connectivity index (χ2v) is 6.55. The van der Waals surface area contributed by atoms with E-state index < -0.39 is 24.1 Å². The lowest BCUT2D eigenvalue weighted by molar-refractivity contribution is 0.00578. The van der Waals surface area contributed by atoms with Crippen molar-refractivity contribution in [1.82, 2.24) is 0 Å². The smallest absolute Gasteiger partial charge is 0.400 e. The Kier molecular flexibility index (Phi) is 4.50. The Morgan fingerprint density at radius 3 is 2.33 bits per heavy atom. The van der Waals surface area contributed by atoms with E-state index in [1.54, 1.807) is 12.1 Å². The first-order chi connectivity index (χ1) is 9.66. The van der Waals surface area contributed by atoms with E-state index in [0.29, 0.717) is 11.0 Å². The molecule has 1 saturated heterocycles. The molecule has 0 unspecified atom stereocenters. The maximum Gasteiger partial charge on any atom is 0.492 e. The number of benzene rings is 1. The van der Waals surface area contributed by atoms with E-state index >= 15 is 0 Å². The van der Waals surface area contributed by atoms with Gasteiger partial charge in [0.1, 0.15) is 5.82 Å². The zero-order valence-electron chi connectivity index (χ0n) is 12.6. The van der Waals surface area contributed by atoms with Gasteiger partial charge in [-0.05, 0) is 50.9 Å². The highest BCUT2D eigenvalue weighted by Crippen LogP contribution is 2.38. The quantitative estimate of drug-likeness (QED) is 0.868. The van der Waals surface area contributed by atoms with E-state index in [9.17, 15) is 9.50 Å². The van der Waals surface area contributed by atoms with Gasteiger partial charge in [-0.1, -0.05) is 23.7 Å². The standard InChI is InChI=1S/C15H19BClFO3/c1-14(2)15(3,4)21-16(20-14)11(9-19)7-10-5-6-13(18)12(17)8-10/h5-8,19H,9H2,1-4H3. The topological polar surface area (TPSA) is 38.7 Å². The van der Waals surface area contributed by atoms with Crippen molar-refractivity contribution < 1.29 is 18.8 Å². The van der Waals surface area contributed by atoms with Gasteiger partial charge in [0, 0.05) is 0 Å². The number of hydrogen-bond acceptors (Lipinski definition) is 3. The van der Waals surface area contributed by atoms with Crippen LogP contribution in [0.5, 0.6) is 0 Å². The van der Waals surface area contributed by atoms with Crippen LogP contribution in [0.2, 0.25) is 5.02 Å². The Morgan fingerprint density at radius 2 is 1.86 bits per heavy atom. The molecule has 0 radical (unpaired) electrons. The van der Waals surface area contributed by atoms with Crippen molar-refractivity contribution >= 4 is 24.8 Å². The van der Waals surface area contributed by atoms with Crippen LogP contribution in [-0.2, 0) is 9.31 Å². The third-order valence-corrected chi connectivity index (χ3v) is 4.32. The highest BCUT2D eigenvalue weighted by molar-refractivity contribution is 6.55. The average Bonchev–Trinajstić information content (AvgIpc) is 2.59. The van der Waals surface area contributed by atoms with Gasteiger partial charge in [-0.2, -0.15) is 0 Å². The molecule has 1 aliphatic rings. The maximum atomic E-state index is 13.2. The Hall–Kier alpha value is -0.875. The van der Waals surface area contributed by atoms with E-state index in [1.807, 2.05) is 27.7 Å². The van der Waals surface area contributed by atoms with Gasteiger partial charge in [0.25, 0.3) is 0 Å². The Balaban J connectivity index is 2.28. The molecule has 0 amide bonds. The first-order valence-corrected chi connectivity index (χ1v) is 7.16. The van der Waals surface area contributed by atoms with Gasteiger partial charge < -0.3 is 14.4 Å². The summed E-state index contributed by atoms with van der Waals surface area (Å²) in [5.74, 6) is -0.477. The lowest BCUT2D eigenvalue weighted by atomic mass is 9.77. The molecule has 1 fully saturated rings. The average molecular weight is 313 g/mol. The minimum Gasteiger partial charge on any atom is -0.400 e. The fourth-order valence-electron chi connectivity index (χ4n) is 2.00. The van der Waals surface area contributed by atoms with Crippen LogP contribution in [0.15, 0.2) is 23.7 Å². The molecule has 114 valence electrons. The van der Waals surface area contributed by atoms with Crippen LogP contribution in [-0.4, -0.2) is 30.0 Å². The van der Waals surface area contributed by atoms with Crippen molar-refractivity contribution in [3.63, 3.8) is 0 Å². The second kappa shape index (κ2) is 5.73. The molecule has 21 heavy (non-hydrogen) atoms. The number of aliphatic hydroxyl groups is 1. The predicted octanol–water partition coefficient (Wildman–Crippen LogP) is 3.49. The summed E-state index contributed by atoms with van der Waals surface area (Å²) in [7, 11) is -0.635. The van der Waals surface area contributed by atoms with Crippen LogP contribution in [0, 0.1) is 5.82 Å². The third-order valence-electron chi connectivity index (χ3n) is 4.03. The van der Waals surface area contributed by atoms with Crippen LogP contribution in [0.1, 0.15) is 33.3 Å². The van der Waals surface area contributed by atoms with Gasteiger partial charge in [-0.15, -0.1) is 0 Å². The van der Waals surface area contributed by atoms with Crippen molar-refractivity contribution in [3.8, 4) is 0 Å². The van der Waals surface area contributed by atoms with Gasteiger partial charge in [-0.25, -0.2) is 4.39 Å². The second-order valence-electron chi connectivity index (χ2n) is 6.14. The van der Waals surface area contributed by atoms with Crippen molar-refractivity contribution in [1.29, 1.82) is 0 Å². The Labute approximate surface area is 129 Å². The van der Waals surface area contributed by atoms with E-state index in [-0.39, 0.29) is 11.6 Å². The number of rotatable bonds is 3. The molecule has 6 heteroatoms. The molecular formula is C15H19BClFO3.